The Morgan fingerprint density at radius 1 is 0.875 bits per heavy atom. The summed E-state index contributed by atoms with van der Waals surface area (Å²) in [5, 5.41) is 20.8. The van der Waals surface area contributed by atoms with Gasteiger partial charge in [-0.3, -0.25) is 4.79 Å². The van der Waals surface area contributed by atoms with E-state index in [0.717, 1.165) is 5.56 Å². The van der Waals surface area contributed by atoms with Crippen molar-refractivity contribution in [3.8, 4) is 11.5 Å². The first-order valence-corrected chi connectivity index (χ1v) is 7.61. The van der Waals surface area contributed by atoms with Gasteiger partial charge in [0.1, 0.15) is 0 Å². The van der Waals surface area contributed by atoms with Crippen LogP contribution >= 0.6 is 0 Å². The van der Waals surface area contributed by atoms with E-state index in [1.165, 1.54) is 30.0 Å². The Hall–Kier alpha value is -3.01. The van der Waals surface area contributed by atoms with Gasteiger partial charge in [-0.1, -0.05) is 54.6 Å². The molecule has 0 aliphatic carbocycles. The van der Waals surface area contributed by atoms with Crippen LogP contribution in [0.3, 0.4) is 0 Å². The molecule has 4 nitrogen and oxygen atoms in total. The summed E-state index contributed by atoms with van der Waals surface area (Å²) >= 11 is 0. The van der Waals surface area contributed by atoms with E-state index in [2.05, 4.69) is 53.3 Å². The van der Waals surface area contributed by atoms with Crippen LogP contribution in [0.4, 0.5) is 0 Å². The minimum absolute atomic E-state index is 0.160. The highest BCUT2D eigenvalue weighted by atomic mass is 16.5. The number of phenolic OH excluding ortho intramolecular Hbond substituents is 2. The number of hydrogen-bond donors (Lipinski definition) is 2. The van der Waals surface area contributed by atoms with E-state index < -0.39 is 0 Å². The number of aromatic hydroxyl groups is 2. The lowest BCUT2D eigenvalue weighted by atomic mass is 10.1. The van der Waals surface area contributed by atoms with Crippen LogP contribution in [0.25, 0.3) is 10.8 Å². The molecular formula is C20H20O4. The fraction of sp³-hybridized carbons (Fsp3) is 0.150. The molecule has 3 aromatic rings. The molecule has 0 heterocycles. The van der Waals surface area contributed by atoms with Gasteiger partial charge >= 0.3 is 5.97 Å². The highest BCUT2D eigenvalue weighted by Gasteiger charge is 2.04. The lowest BCUT2D eigenvalue weighted by molar-refractivity contribution is -0.140. The van der Waals surface area contributed by atoms with Crippen molar-refractivity contribution in [2.45, 2.75) is 12.8 Å². The van der Waals surface area contributed by atoms with Crippen molar-refractivity contribution in [3.63, 3.8) is 0 Å². The molecule has 0 amide bonds. The van der Waals surface area contributed by atoms with Crippen molar-refractivity contribution in [2.24, 2.45) is 0 Å². The van der Waals surface area contributed by atoms with Gasteiger partial charge in [-0.2, -0.15) is 0 Å². The Bertz CT molecular complexity index is 746. The topological polar surface area (TPSA) is 66.8 Å². The van der Waals surface area contributed by atoms with E-state index in [4.69, 9.17) is 10.2 Å². The highest BCUT2D eigenvalue weighted by Crippen LogP contribution is 2.25. The van der Waals surface area contributed by atoms with Crippen LogP contribution in [0, 0.1) is 0 Å². The molecule has 2 N–H and O–H groups in total. The van der Waals surface area contributed by atoms with Gasteiger partial charge in [0, 0.05) is 6.42 Å². The number of benzene rings is 3. The van der Waals surface area contributed by atoms with Crippen molar-refractivity contribution in [1.82, 2.24) is 0 Å². The first-order chi connectivity index (χ1) is 11.6. The van der Waals surface area contributed by atoms with E-state index in [1.807, 2.05) is 0 Å². The number of hydrogen-bond acceptors (Lipinski definition) is 4. The van der Waals surface area contributed by atoms with Crippen molar-refractivity contribution in [1.29, 1.82) is 0 Å². The van der Waals surface area contributed by atoms with E-state index in [9.17, 15) is 4.79 Å². The summed E-state index contributed by atoms with van der Waals surface area (Å²) < 4.78 is 4.48. The molecule has 24 heavy (non-hydrogen) atoms. The SMILES string of the molecule is COC(=O)CCc1ccc(O)c(O)c1.c1ccc2ccccc2c1. The zero-order valence-electron chi connectivity index (χ0n) is 13.5. The summed E-state index contributed by atoms with van der Waals surface area (Å²) in [4.78, 5) is 10.8. The Morgan fingerprint density at radius 2 is 1.42 bits per heavy atom. The minimum Gasteiger partial charge on any atom is -0.504 e. The van der Waals surface area contributed by atoms with E-state index in [1.54, 1.807) is 6.07 Å². The summed E-state index contributed by atoms with van der Waals surface area (Å²) in [5.41, 5.74) is 0.783. The molecule has 3 aromatic carbocycles. The summed E-state index contributed by atoms with van der Waals surface area (Å²) in [5.74, 6) is -0.628. The standard InChI is InChI=1S/C10H12O4.C10H8/c1-14-10(13)5-3-7-2-4-8(11)9(12)6-7;1-2-6-10-8-4-3-7-9(10)5-1/h2,4,6,11-12H,3,5H2,1H3;1-8H. The first kappa shape index (κ1) is 17.3. The van der Waals surface area contributed by atoms with Crippen LogP contribution in [0.15, 0.2) is 66.7 Å². The molecule has 0 aromatic heterocycles. The molecule has 0 unspecified atom stereocenters. The maximum absolute atomic E-state index is 10.8. The van der Waals surface area contributed by atoms with Crippen LogP contribution in [0.2, 0.25) is 0 Å². The average Bonchev–Trinajstić information content (AvgIpc) is 2.63. The van der Waals surface area contributed by atoms with Crippen LogP contribution in [0.5, 0.6) is 11.5 Å². The molecule has 0 saturated heterocycles. The quantitative estimate of drug-likeness (QED) is 0.563. The van der Waals surface area contributed by atoms with Crippen molar-refractivity contribution in [3.05, 3.63) is 72.3 Å². The van der Waals surface area contributed by atoms with E-state index in [-0.39, 0.29) is 23.9 Å². The van der Waals surface area contributed by atoms with E-state index >= 15 is 0 Å². The molecule has 0 saturated carbocycles. The number of fused-ring (bicyclic) bond motifs is 1. The number of esters is 1. The largest absolute Gasteiger partial charge is 0.504 e. The second-order valence-corrected chi connectivity index (χ2v) is 5.25. The second kappa shape index (κ2) is 8.58. The Balaban J connectivity index is 0.000000182. The maximum atomic E-state index is 10.8. The summed E-state index contributed by atoms with van der Waals surface area (Å²) in [6.45, 7) is 0. The lowest BCUT2D eigenvalue weighted by Crippen LogP contribution is -2.01. The predicted molar refractivity (Wildman–Crippen MR) is 94.1 cm³/mol. The van der Waals surface area contributed by atoms with Crippen molar-refractivity contribution < 1.29 is 19.7 Å². The van der Waals surface area contributed by atoms with Gasteiger partial charge in [-0.15, -0.1) is 0 Å². The van der Waals surface area contributed by atoms with E-state index in [0.29, 0.717) is 6.42 Å². The van der Waals surface area contributed by atoms with Crippen LogP contribution in [-0.4, -0.2) is 23.3 Å². The molecule has 0 bridgehead atoms. The van der Waals surface area contributed by atoms with Crippen LogP contribution in [0.1, 0.15) is 12.0 Å². The summed E-state index contributed by atoms with van der Waals surface area (Å²) in [6, 6.07) is 21.2. The fourth-order valence-electron chi connectivity index (χ4n) is 2.21. The summed E-state index contributed by atoms with van der Waals surface area (Å²) in [7, 11) is 1.33. The van der Waals surface area contributed by atoms with Gasteiger partial charge in [0.25, 0.3) is 0 Å². The zero-order chi connectivity index (χ0) is 17.4. The van der Waals surface area contributed by atoms with Gasteiger partial charge in [-0.05, 0) is 34.9 Å². The van der Waals surface area contributed by atoms with Crippen LogP contribution in [-0.2, 0) is 16.0 Å². The zero-order valence-corrected chi connectivity index (χ0v) is 13.5. The molecule has 0 aliphatic rings. The fourth-order valence-corrected chi connectivity index (χ4v) is 2.21. The molecule has 0 fully saturated rings. The van der Waals surface area contributed by atoms with Gasteiger partial charge in [0.2, 0.25) is 0 Å². The van der Waals surface area contributed by atoms with Gasteiger partial charge < -0.3 is 14.9 Å². The lowest BCUT2D eigenvalue weighted by Gasteiger charge is -2.02. The Morgan fingerprint density at radius 3 is 1.88 bits per heavy atom. The Labute approximate surface area is 140 Å². The normalized spacial score (nSPS) is 9.88. The number of ether oxygens (including phenoxy) is 1. The second-order valence-electron chi connectivity index (χ2n) is 5.25. The summed E-state index contributed by atoms with van der Waals surface area (Å²) in [6.07, 6.45) is 0.751. The van der Waals surface area contributed by atoms with Gasteiger partial charge in [-0.25, -0.2) is 0 Å². The minimum atomic E-state index is -0.294. The number of methoxy groups -OCH3 is 1. The maximum Gasteiger partial charge on any atom is 0.305 e. The molecular weight excluding hydrogens is 304 g/mol. The van der Waals surface area contributed by atoms with Gasteiger partial charge in [0.05, 0.1) is 7.11 Å². The monoisotopic (exact) mass is 324 g/mol. The average molecular weight is 324 g/mol. The number of carbonyl (C=O) groups is 1. The highest BCUT2D eigenvalue weighted by molar-refractivity contribution is 5.82. The Kier molecular flexibility index (Phi) is 6.20. The molecule has 3 rings (SSSR count). The van der Waals surface area contributed by atoms with Crippen molar-refractivity contribution in [2.75, 3.05) is 7.11 Å². The third-order valence-electron chi connectivity index (χ3n) is 3.54. The van der Waals surface area contributed by atoms with Gasteiger partial charge in [0.15, 0.2) is 11.5 Å². The predicted octanol–water partition coefficient (Wildman–Crippen LogP) is 4.04. The molecule has 124 valence electrons. The molecule has 0 radical (unpaired) electrons. The molecule has 4 heteroatoms. The molecule has 0 atom stereocenters. The number of phenols is 2. The number of aryl methyl sites for hydroxylation is 1. The van der Waals surface area contributed by atoms with Crippen molar-refractivity contribution >= 4 is 16.7 Å². The number of rotatable bonds is 3. The third-order valence-corrected chi connectivity index (χ3v) is 3.54. The van der Waals surface area contributed by atoms with Crippen LogP contribution < -0.4 is 0 Å². The third kappa shape index (κ3) is 5.02. The smallest absolute Gasteiger partial charge is 0.305 e. The molecule has 0 aliphatic heterocycles. The molecule has 0 spiro atoms. The first-order valence-electron chi connectivity index (χ1n) is 7.61. The number of carbonyl (C=O) groups excluding carboxylic acids is 1.